The van der Waals surface area contributed by atoms with Gasteiger partial charge >= 0.3 is 0 Å². The van der Waals surface area contributed by atoms with Crippen molar-refractivity contribution < 1.29 is 4.42 Å². The monoisotopic (exact) mass is 457 g/mol. The van der Waals surface area contributed by atoms with Crippen LogP contribution in [-0.2, 0) is 6.54 Å². The van der Waals surface area contributed by atoms with Gasteiger partial charge in [-0.1, -0.05) is 19.9 Å². The van der Waals surface area contributed by atoms with Crippen molar-refractivity contribution in [1.29, 1.82) is 0 Å². The maximum atomic E-state index is 5.62. The molecule has 2 aromatic heterocycles. The summed E-state index contributed by atoms with van der Waals surface area (Å²) in [4.78, 5) is 11.0. The van der Waals surface area contributed by atoms with Crippen molar-refractivity contribution in [3.63, 3.8) is 0 Å². The third-order valence-corrected chi connectivity index (χ3v) is 3.97. The fraction of sp³-hybridized carbons (Fsp3) is 0.444. The van der Waals surface area contributed by atoms with Gasteiger partial charge in [-0.05, 0) is 37.4 Å². The lowest BCUT2D eigenvalue weighted by Crippen LogP contribution is -2.43. The Morgan fingerprint density at radius 1 is 1.20 bits per heavy atom. The summed E-state index contributed by atoms with van der Waals surface area (Å²) in [5.74, 6) is 1.72. The normalized spacial score (nSPS) is 12.6. The summed E-state index contributed by atoms with van der Waals surface area (Å²) in [5, 5.41) is 6.68. The van der Waals surface area contributed by atoms with E-state index in [1.165, 1.54) is 0 Å². The Labute approximate surface area is 167 Å². The third kappa shape index (κ3) is 6.66. The highest BCUT2D eigenvalue weighted by molar-refractivity contribution is 14.0. The summed E-state index contributed by atoms with van der Waals surface area (Å²) < 4.78 is 5.62. The largest absolute Gasteiger partial charge is 0.468 e. The number of nitrogens with one attached hydrogen (secondary N) is 2. The van der Waals surface area contributed by atoms with Gasteiger partial charge in [0.1, 0.15) is 5.76 Å². The fourth-order valence-corrected chi connectivity index (χ4v) is 2.65. The molecule has 2 rings (SSSR count). The molecule has 0 saturated heterocycles. The van der Waals surface area contributed by atoms with Crippen LogP contribution in [0.15, 0.2) is 52.2 Å². The highest BCUT2D eigenvalue weighted by atomic mass is 127. The van der Waals surface area contributed by atoms with Gasteiger partial charge in [-0.15, -0.1) is 24.0 Å². The van der Waals surface area contributed by atoms with E-state index in [1.807, 2.05) is 30.3 Å². The molecule has 25 heavy (non-hydrogen) atoms. The number of nitrogens with zero attached hydrogens (tertiary/aromatic N) is 3. The number of halogens is 1. The molecule has 2 aromatic rings. The van der Waals surface area contributed by atoms with Gasteiger partial charge in [0.05, 0.1) is 24.5 Å². The van der Waals surface area contributed by atoms with E-state index in [-0.39, 0.29) is 30.0 Å². The van der Waals surface area contributed by atoms with E-state index >= 15 is 0 Å². The first-order valence-corrected chi connectivity index (χ1v) is 8.40. The van der Waals surface area contributed by atoms with Crippen LogP contribution in [0.1, 0.15) is 31.3 Å². The van der Waals surface area contributed by atoms with Crippen LogP contribution in [0.25, 0.3) is 0 Å². The van der Waals surface area contributed by atoms with E-state index in [2.05, 4.69) is 39.4 Å². The number of guanidine groups is 1. The Kier molecular flexibility index (Phi) is 10.2. The Morgan fingerprint density at radius 2 is 2.00 bits per heavy atom. The minimum atomic E-state index is 0. The van der Waals surface area contributed by atoms with Crippen molar-refractivity contribution in [1.82, 2.24) is 20.5 Å². The molecule has 0 amide bonds. The van der Waals surface area contributed by atoms with Gasteiger partial charge < -0.3 is 15.1 Å². The number of furan rings is 1. The molecule has 0 aliphatic rings. The molecule has 0 bridgehead atoms. The van der Waals surface area contributed by atoms with Gasteiger partial charge in [0, 0.05) is 19.8 Å². The Hall–Kier alpha value is -1.61. The molecule has 1 atom stereocenters. The molecule has 138 valence electrons. The highest BCUT2D eigenvalue weighted by Crippen LogP contribution is 2.20. The van der Waals surface area contributed by atoms with E-state index in [0.29, 0.717) is 6.54 Å². The lowest BCUT2D eigenvalue weighted by atomic mass is 10.2. The van der Waals surface area contributed by atoms with Gasteiger partial charge in [-0.25, -0.2) is 0 Å². The summed E-state index contributed by atoms with van der Waals surface area (Å²) >= 11 is 0. The zero-order valence-electron chi connectivity index (χ0n) is 15.1. The maximum absolute atomic E-state index is 5.62. The number of hydrogen-bond donors (Lipinski definition) is 2. The topological polar surface area (TPSA) is 65.7 Å². The van der Waals surface area contributed by atoms with Gasteiger partial charge in [0.15, 0.2) is 5.96 Å². The Bertz CT molecular complexity index is 599. The smallest absolute Gasteiger partial charge is 0.191 e. The molecule has 0 aromatic carbocycles. The van der Waals surface area contributed by atoms with Crippen molar-refractivity contribution >= 4 is 29.9 Å². The second-order valence-corrected chi connectivity index (χ2v) is 5.38. The first-order valence-electron chi connectivity index (χ1n) is 8.40. The second-order valence-electron chi connectivity index (χ2n) is 5.38. The van der Waals surface area contributed by atoms with Crippen molar-refractivity contribution in [2.75, 3.05) is 26.7 Å². The molecule has 6 nitrogen and oxygen atoms in total. The average Bonchev–Trinajstić information content (AvgIpc) is 3.16. The van der Waals surface area contributed by atoms with Crippen molar-refractivity contribution in [3.8, 4) is 0 Å². The van der Waals surface area contributed by atoms with Crippen LogP contribution in [0.4, 0.5) is 0 Å². The molecule has 2 N–H and O–H groups in total. The number of hydrogen-bond acceptors (Lipinski definition) is 4. The molecular weight excluding hydrogens is 429 g/mol. The summed E-state index contributed by atoms with van der Waals surface area (Å²) in [6.45, 7) is 7.60. The predicted octanol–water partition coefficient (Wildman–Crippen LogP) is 3.04. The summed E-state index contributed by atoms with van der Waals surface area (Å²) in [5.41, 5.74) is 0.978. The first-order chi connectivity index (χ1) is 11.8. The minimum Gasteiger partial charge on any atom is -0.468 e. The number of likely N-dealkylation sites (N-methyl/N-ethyl adjacent to an activating group) is 1. The summed E-state index contributed by atoms with van der Waals surface area (Å²) in [6.07, 6.45) is 3.51. The van der Waals surface area contributed by atoms with Crippen LogP contribution in [0, 0.1) is 0 Å². The molecular formula is C18H28IN5O. The van der Waals surface area contributed by atoms with Crippen LogP contribution in [0.2, 0.25) is 0 Å². The molecule has 1 unspecified atom stereocenters. The highest BCUT2D eigenvalue weighted by Gasteiger charge is 2.20. The number of aromatic nitrogens is 1. The summed E-state index contributed by atoms with van der Waals surface area (Å²) in [6, 6.07) is 10.0. The quantitative estimate of drug-likeness (QED) is 0.363. The van der Waals surface area contributed by atoms with E-state index < -0.39 is 0 Å². The van der Waals surface area contributed by atoms with E-state index in [4.69, 9.17) is 4.42 Å². The lowest BCUT2D eigenvalue weighted by Gasteiger charge is -2.28. The number of pyridine rings is 1. The number of rotatable bonds is 8. The van der Waals surface area contributed by atoms with Gasteiger partial charge in [0.25, 0.3) is 0 Å². The lowest BCUT2D eigenvalue weighted by molar-refractivity contribution is 0.193. The van der Waals surface area contributed by atoms with Crippen molar-refractivity contribution in [2.45, 2.75) is 26.4 Å². The zero-order chi connectivity index (χ0) is 17.2. The molecule has 7 heteroatoms. The standard InChI is InChI=1S/C18H27N5O.HI/c1-4-23(5-2)16(17-10-8-12-24-17)14-22-18(19-3)21-13-15-9-6-7-11-20-15;/h6-12,16H,4-5,13-14H2,1-3H3,(H2,19,21,22);1H. The Balaban J connectivity index is 0.00000312. The van der Waals surface area contributed by atoms with E-state index in [0.717, 1.165) is 37.0 Å². The average molecular weight is 457 g/mol. The van der Waals surface area contributed by atoms with Crippen molar-refractivity contribution in [3.05, 3.63) is 54.2 Å². The first kappa shape index (κ1) is 21.4. The molecule has 2 heterocycles. The van der Waals surface area contributed by atoms with Crippen molar-refractivity contribution in [2.24, 2.45) is 4.99 Å². The minimum absolute atomic E-state index is 0. The van der Waals surface area contributed by atoms with E-state index in [9.17, 15) is 0 Å². The fourth-order valence-electron chi connectivity index (χ4n) is 2.65. The molecule has 0 aliphatic carbocycles. The molecule has 0 saturated carbocycles. The predicted molar refractivity (Wildman–Crippen MR) is 112 cm³/mol. The second kappa shape index (κ2) is 11.9. The zero-order valence-corrected chi connectivity index (χ0v) is 17.4. The van der Waals surface area contributed by atoms with Gasteiger partial charge in [0.2, 0.25) is 0 Å². The third-order valence-electron chi connectivity index (χ3n) is 3.97. The van der Waals surface area contributed by atoms with E-state index in [1.54, 1.807) is 19.5 Å². The van der Waals surface area contributed by atoms with Crippen LogP contribution in [-0.4, -0.2) is 42.5 Å². The van der Waals surface area contributed by atoms with Gasteiger partial charge in [-0.2, -0.15) is 0 Å². The maximum Gasteiger partial charge on any atom is 0.191 e. The number of aliphatic imine (C=N–C) groups is 1. The Morgan fingerprint density at radius 3 is 2.56 bits per heavy atom. The molecule has 0 radical (unpaired) electrons. The molecule has 0 fully saturated rings. The summed E-state index contributed by atoms with van der Waals surface area (Å²) in [7, 11) is 1.77. The molecule has 0 aliphatic heterocycles. The van der Waals surface area contributed by atoms with Crippen LogP contribution < -0.4 is 10.6 Å². The SMILES string of the molecule is CCN(CC)C(CNC(=NC)NCc1ccccn1)c1ccco1.I. The van der Waals surface area contributed by atoms with Crippen LogP contribution in [0.3, 0.4) is 0 Å². The molecule has 0 spiro atoms. The van der Waals surface area contributed by atoms with Crippen LogP contribution in [0.5, 0.6) is 0 Å². The van der Waals surface area contributed by atoms with Gasteiger partial charge in [-0.3, -0.25) is 14.9 Å². The van der Waals surface area contributed by atoms with Crippen LogP contribution >= 0.6 is 24.0 Å².